The molecule has 3 heteroatoms. The predicted octanol–water partition coefficient (Wildman–Crippen LogP) is 4.31. The van der Waals surface area contributed by atoms with Gasteiger partial charge in [0, 0.05) is 18.2 Å². The molecule has 1 aromatic carbocycles. The Morgan fingerprint density at radius 2 is 2.00 bits per heavy atom. The molecule has 0 radical (unpaired) electrons. The van der Waals surface area contributed by atoms with Crippen molar-refractivity contribution < 1.29 is 0 Å². The molecule has 0 aliphatic carbocycles. The smallest absolute Gasteiger partial charge is 0.0647 e. The van der Waals surface area contributed by atoms with E-state index in [1.54, 1.807) is 0 Å². The minimum Gasteiger partial charge on any atom is -0.404 e. The molecular formula is C18H25N3. The van der Waals surface area contributed by atoms with Crippen molar-refractivity contribution in [1.82, 2.24) is 0 Å². The SMILES string of the molecule is C/C=C(/C/C(C=N)=C/N)C(=N)c1ccc(C)cc1C(C)C. The van der Waals surface area contributed by atoms with Crippen LogP contribution in [0.25, 0.3) is 0 Å². The van der Waals surface area contributed by atoms with E-state index >= 15 is 0 Å². The van der Waals surface area contributed by atoms with Gasteiger partial charge in [0.05, 0.1) is 5.71 Å². The summed E-state index contributed by atoms with van der Waals surface area (Å²) < 4.78 is 0. The molecule has 112 valence electrons. The van der Waals surface area contributed by atoms with Gasteiger partial charge in [0.1, 0.15) is 0 Å². The number of allylic oxidation sites excluding steroid dienone is 3. The fraction of sp³-hybridized carbons (Fsp3) is 0.333. The van der Waals surface area contributed by atoms with Crippen molar-refractivity contribution in [1.29, 1.82) is 10.8 Å². The second-order valence-electron chi connectivity index (χ2n) is 5.50. The van der Waals surface area contributed by atoms with Crippen LogP contribution in [0.15, 0.2) is 41.6 Å². The number of nitrogens with one attached hydrogen (secondary N) is 2. The lowest BCUT2D eigenvalue weighted by Crippen LogP contribution is -2.10. The van der Waals surface area contributed by atoms with Gasteiger partial charge in [0.25, 0.3) is 0 Å². The number of hydrogen-bond donors (Lipinski definition) is 3. The standard InChI is InChI=1S/C18H25N3/c1-5-15(9-14(10-19)11-20)18(21)16-7-6-13(4)8-17(16)12(2)3/h5-8,10-12,19,21H,9,20H2,1-4H3/b14-11-,15-5-,19-10?,21-18?. The second-order valence-corrected chi connectivity index (χ2v) is 5.50. The molecule has 0 heterocycles. The summed E-state index contributed by atoms with van der Waals surface area (Å²) in [5.74, 6) is 0.366. The maximum atomic E-state index is 8.52. The van der Waals surface area contributed by atoms with Gasteiger partial charge in [-0.25, -0.2) is 0 Å². The second kappa shape index (κ2) is 7.58. The molecule has 0 atom stereocenters. The molecule has 0 saturated heterocycles. The monoisotopic (exact) mass is 283 g/mol. The molecule has 0 bridgehead atoms. The van der Waals surface area contributed by atoms with Gasteiger partial charge in [-0.15, -0.1) is 0 Å². The quantitative estimate of drug-likeness (QED) is 0.668. The molecule has 0 aliphatic rings. The van der Waals surface area contributed by atoms with Crippen molar-refractivity contribution in [3.05, 3.63) is 58.3 Å². The topological polar surface area (TPSA) is 73.7 Å². The van der Waals surface area contributed by atoms with Gasteiger partial charge in [-0.05, 0) is 42.7 Å². The molecular weight excluding hydrogens is 258 g/mol. The third kappa shape index (κ3) is 4.15. The zero-order valence-electron chi connectivity index (χ0n) is 13.3. The van der Waals surface area contributed by atoms with Gasteiger partial charge in [-0.2, -0.15) is 0 Å². The first-order chi connectivity index (χ1) is 9.94. The third-order valence-corrected chi connectivity index (χ3v) is 3.56. The summed E-state index contributed by atoms with van der Waals surface area (Å²) in [7, 11) is 0. The fourth-order valence-corrected chi connectivity index (χ4v) is 2.27. The Morgan fingerprint density at radius 3 is 2.48 bits per heavy atom. The van der Waals surface area contributed by atoms with E-state index in [-0.39, 0.29) is 0 Å². The van der Waals surface area contributed by atoms with Crippen molar-refractivity contribution in [2.45, 2.75) is 40.0 Å². The molecule has 1 aromatic rings. The van der Waals surface area contributed by atoms with E-state index in [1.165, 1.54) is 23.5 Å². The molecule has 0 amide bonds. The highest BCUT2D eigenvalue weighted by Crippen LogP contribution is 2.25. The molecule has 3 nitrogen and oxygen atoms in total. The molecule has 0 saturated carbocycles. The van der Waals surface area contributed by atoms with Gasteiger partial charge in [-0.3, -0.25) is 5.41 Å². The number of hydrogen-bond acceptors (Lipinski definition) is 3. The summed E-state index contributed by atoms with van der Waals surface area (Å²) >= 11 is 0. The van der Waals surface area contributed by atoms with Crippen LogP contribution in [0.4, 0.5) is 0 Å². The van der Waals surface area contributed by atoms with Crippen LogP contribution in [0.2, 0.25) is 0 Å². The summed E-state index contributed by atoms with van der Waals surface area (Å²) in [4.78, 5) is 0. The van der Waals surface area contributed by atoms with E-state index in [1.807, 2.05) is 25.1 Å². The van der Waals surface area contributed by atoms with Crippen LogP contribution < -0.4 is 5.73 Å². The van der Waals surface area contributed by atoms with Crippen LogP contribution >= 0.6 is 0 Å². The van der Waals surface area contributed by atoms with E-state index < -0.39 is 0 Å². The molecule has 0 fully saturated rings. The minimum absolute atomic E-state index is 0.366. The zero-order chi connectivity index (χ0) is 16.0. The maximum absolute atomic E-state index is 8.52. The first kappa shape index (κ1) is 16.9. The zero-order valence-corrected chi connectivity index (χ0v) is 13.3. The lowest BCUT2D eigenvalue weighted by Gasteiger charge is -2.17. The predicted molar refractivity (Wildman–Crippen MR) is 91.5 cm³/mol. The number of aryl methyl sites for hydroxylation is 1. The molecule has 0 aromatic heterocycles. The van der Waals surface area contributed by atoms with Crippen molar-refractivity contribution in [2.24, 2.45) is 5.73 Å². The Hall–Kier alpha value is -2.16. The van der Waals surface area contributed by atoms with Gasteiger partial charge in [-0.1, -0.05) is 43.7 Å². The summed E-state index contributed by atoms with van der Waals surface area (Å²) in [6.07, 6.45) is 5.12. The average molecular weight is 283 g/mol. The average Bonchev–Trinajstić information content (AvgIpc) is 2.48. The Morgan fingerprint density at radius 1 is 1.33 bits per heavy atom. The Balaban J connectivity index is 3.21. The van der Waals surface area contributed by atoms with E-state index in [9.17, 15) is 0 Å². The normalized spacial score (nSPS) is 12.6. The largest absolute Gasteiger partial charge is 0.404 e. The Labute approximate surface area is 127 Å². The van der Waals surface area contributed by atoms with E-state index in [0.29, 0.717) is 23.6 Å². The highest BCUT2D eigenvalue weighted by atomic mass is 14.5. The maximum Gasteiger partial charge on any atom is 0.0647 e. The van der Waals surface area contributed by atoms with Gasteiger partial charge >= 0.3 is 0 Å². The summed E-state index contributed by atoms with van der Waals surface area (Å²) in [5, 5.41) is 15.9. The Bertz CT molecular complexity index is 592. The first-order valence-corrected chi connectivity index (χ1v) is 7.20. The molecule has 0 aliphatic heterocycles. The van der Waals surface area contributed by atoms with Crippen LogP contribution in [0.1, 0.15) is 49.8 Å². The highest BCUT2D eigenvalue weighted by Gasteiger charge is 2.15. The van der Waals surface area contributed by atoms with Gasteiger partial charge in [0.15, 0.2) is 0 Å². The third-order valence-electron chi connectivity index (χ3n) is 3.56. The highest BCUT2D eigenvalue weighted by molar-refractivity contribution is 6.12. The summed E-state index contributed by atoms with van der Waals surface area (Å²) in [6.45, 7) is 8.28. The molecule has 4 N–H and O–H groups in total. The lowest BCUT2D eigenvalue weighted by molar-refractivity contribution is 0.861. The first-order valence-electron chi connectivity index (χ1n) is 7.20. The summed E-state index contributed by atoms with van der Waals surface area (Å²) in [5.41, 5.74) is 11.0. The Kier molecular flexibility index (Phi) is 6.10. The number of rotatable bonds is 6. The van der Waals surface area contributed by atoms with Crippen LogP contribution in [-0.4, -0.2) is 11.9 Å². The van der Waals surface area contributed by atoms with Crippen LogP contribution in [-0.2, 0) is 0 Å². The summed E-state index contributed by atoms with van der Waals surface area (Å²) in [6, 6.07) is 6.21. The van der Waals surface area contributed by atoms with Crippen molar-refractivity contribution in [3.8, 4) is 0 Å². The van der Waals surface area contributed by atoms with E-state index in [2.05, 4.69) is 26.8 Å². The lowest BCUT2D eigenvalue weighted by atomic mass is 9.88. The number of benzene rings is 1. The van der Waals surface area contributed by atoms with Crippen molar-refractivity contribution in [2.75, 3.05) is 0 Å². The van der Waals surface area contributed by atoms with Crippen LogP contribution in [0.3, 0.4) is 0 Å². The van der Waals surface area contributed by atoms with Crippen molar-refractivity contribution in [3.63, 3.8) is 0 Å². The molecule has 0 spiro atoms. The molecule has 1 rings (SSSR count). The van der Waals surface area contributed by atoms with Gasteiger partial charge < -0.3 is 11.1 Å². The molecule has 0 unspecified atom stereocenters. The minimum atomic E-state index is 0.366. The number of nitrogens with two attached hydrogens (primary N) is 1. The van der Waals surface area contributed by atoms with Gasteiger partial charge in [0.2, 0.25) is 0 Å². The van der Waals surface area contributed by atoms with E-state index in [4.69, 9.17) is 16.6 Å². The van der Waals surface area contributed by atoms with E-state index in [0.717, 1.165) is 11.1 Å². The van der Waals surface area contributed by atoms with Crippen molar-refractivity contribution >= 4 is 11.9 Å². The van der Waals surface area contributed by atoms with Crippen LogP contribution in [0.5, 0.6) is 0 Å². The van der Waals surface area contributed by atoms with Crippen LogP contribution in [0, 0.1) is 17.7 Å². The molecule has 21 heavy (non-hydrogen) atoms. The fourth-order valence-electron chi connectivity index (χ4n) is 2.27.